The second-order valence-electron chi connectivity index (χ2n) is 4.16. The summed E-state index contributed by atoms with van der Waals surface area (Å²) in [5, 5.41) is 13.3. The van der Waals surface area contributed by atoms with E-state index in [2.05, 4.69) is 17.2 Å². The molecule has 2 aromatic rings. The van der Waals surface area contributed by atoms with Gasteiger partial charge in [0, 0.05) is 29.1 Å². The van der Waals surface area contributed by atoms with Crippen LogP contribution < -0.4 is 10.1 Å². The summed E-state index contributed by atoms with van der Waals surface area (Å²) >= 11 is 1.33. The van der Waals surface area contributed by atoms with Crippen molar-refractivity contribution in [2.24, 2.45) is 0 Å². The van der Waals surface area contributed by atoms with Crippen LogP contribution in [0.3, 0.4) is 0 Å². The maximum absolute atomic E-state index is 12.1. The molecule has 0 saturated carbocycles. The van der Waals surface area contributed by atoms with Crippen molar-refractivity contribution in [2.45, 2.75) is 6.42 Å². The molecule has 21 heavy (non-hydrogen) atoms. The fourth-order valence-electron chi connectivity index (χ4n) is 1.63. The lowest BCUT2D eigenvalue weighted by Crippen LogP contribution is -2.10. The van der Waals surface area contributed by atoms with Crippen LogP contribution in [0.5, 0.6) is 5.75 Å². The van der Waals surface area contributed by atoms with E-state index in [0.29, 0.717) is 22.7 Å². The average Bonchev–Trinajstić information content (AvgIpc) is 2.97. The van der Waals surface area contributed by atoms with Crippen molar-refractivity contribution in [1.29, 1.82) is 0 Å². The van der Waals surface area contributed by atoms with Gasteiger partial charge >= 0.3 is 0 Å². The lowest BCUT2D eigenvalue weighted by molar-refractivity contribution is 0.103. The molecule has 0 aliphatic carbocycles. The number of carbonyl (C=O) groups excluding carboxylic acids is 1. The molecule has 5 heteroatoms. The van der Waals surface area contributed by atoms with Crippen LogP contribution in [-0.2, 0) is 0 Å². The van der Waals surface area contributed by atoms with Gasteiger partial charge in [-0.1, -0.05) is 17.9 Å². The van der Waals surface area contributed by atoms with Gasteiger partial charge in [-0.25, -0.2) is 0 Å². The second-order valence-corrected chi connectivity index (χ2v) is 5.07. The minimum absolute atomic E-state index is 0.0453. The number of nitrogens with one attached hydrogen (secondary N) is 1. The zero-order valence-electron chi connectivity index (χ0n) is 11.6. The predicted molar refractivity (Wildman–Crippen MR) is 83.8 cm³/mol. The average molecular weight is 301 g/mol. The smallest absolute Gasteiger partial charge is 0.265 e. The van der Waals surface area contributed by atoms with E-state index >= 15 is 0 Å². The summed E-state index contributed by atoms with van der Waals surface area (Å²) < 4.78 is 5.06. The van der Waals surface area contributed by atoms with Crippen molar-refractivity contribution in [2.75, 3.05) is 19.0 Å². The molecule has 0 fully saturated rings. The van der Waals surface area contributed by atoms with Crippen molar-refractivity contribution < 1.29 is 14.6 Å². The molecule has 2 rings (SSSR count). The first-order valence-electron chi connectivity index (χ1n) is 6.36. The molecule has 0 radical (unpaired) electrons. The minimum atomic E-state index is -0.177. The first-order valence-corrected chi connectivity index (χ1v) is 7.24. The molecular formula is C16H15NO3S. The van der Waals surface area contributed by atoms with Crippen molar-refractivity contribution in [3.8, 4) is 17.6 Å². The fourth-order valence-corrected chi connectivity index (χ4v) is 2.38. The molecule has 0 atom stereocenters. The largest absolute Gasteiger partial charge is 0.496 e. The third-order valence-corrected chi connectivity index (χ3v) is 3.53. The molecule has 0 aliphatic heterocycles. The third kappa shape index (κ3) is 4.35. The van der Waals surface area contributed by atoms with E-state index in [4.69, 9.17) is 9.84 Å². The molecule has 4 nitrogen and oxygen atoms in total. The monoisotopic (exact) mass is 301 g/mol. The van der Waals surface area contributed by atoms with E-state index in [9.17, 15) is 4.79 Å². The van der Waals surface area contributed by atoms with Crippen LogP contribution in [0.4, 0.5) is 5.69 Å². The van der Waals surface area contributed by atoms with Gasteiger partial charge in [0.05, 0.1) is 18.6 Å². The summed E-state index contributed by atoms with van der Waals surface area (Å²) in [6.45, 7) is 0.0453. The number of amides is 1. The molecule has 0 saturated heterocycles. The van der Waals surface area contributed by atoms with Crippen molar-refractivity contribution in [1.82, 2.24) is 0 Å². The van der Waals surface area contributed by atoms with E-state index in [-0.39, 0.29) is 12.5 Å². The van der Waals surface area contributed by atoms with E-state index in [1.807, 2.05) is 12.1 Å². The third-order valence-electron chi connectivity index (χ3n) is 2.62. The predicted octanol–water partition coefficient (Wildman–Crippen LogP) is 2.74. The maximum Gasteiger partial charge on any atom is 0.265 e. The Bertz CT molecular complexity index is 682. The molecule has 108 valence electrons. The van der Waals surface area contributed by atoms with Crippen LogP contribution >= 0.6 is 11.3 Å². The number of aliphatic hydroxyl groups is 1. The number of methoxy groups -OCH3 is 1. The van der Waals surface area contributed by atoms with Gasteiger partial charge in [-0.2, -0.15) is 0 Å². The van der Waals surface area contributed by atoms with Crippen LogP contribution in [0, 0.1) is 11.8 Å². The first-order chi connectivity index (χ1) is 10.2. The number of rotatable bonds is 4. The van der Waals surface area contributed by atoms with Crippen LogP contribution in [0.1, 0.15) is 21.7 Å². The number of benzene rings is 1. The van der Waals surface area contributed by atoms with Crippen LogP contribution in [-0.4, -0.2) is 24.7 Å². The van der Waals surface area contributed by atoms with E-state index < -0.39 is 0 Å². The highest BCUT2D eigenvalue weighted by atomic mass is 32.1. The van der Waals surface area contributed by atoms with Gasteiger partial charge in [-0.05, 0) is 18.2 Å². The summed E-state index contributed by atoms with van der Waals surface area (Å²) in [5.41, 5.74) is 1.48. The Morgan fingerprint density at radius 3 is 3.00 bits per heavy atom. The van der Waals surface area contributed by atoms with E-state index in [0.717, 1.165) is 5.56 Å². The van der Waals surface area contributed by atoms with Crippen molar-refractivity contribution >= 4 is 22.9 Å². The zero-order chi connectivity index (χ0) is 15.1. The molecule has 1 amide bonds. The number of thiophene rings is 1. The second kappa shape index (κ2) is 7.48. The van der Waals surface area contributed by atoms with Crippen LogP contribution in [0.25, 0.3) is 0 Å². The summed E-state index contributed by atoms with van der Waals surface area (Å²) in [7, 11) is 1.57. The van der Waals surface area contributed by atoms with Gasteiger partial charge in [0.1, 0.15) is 5.75 Å². The lowest BCUT2D eigenvalue weighted by Gasteiger charge is -2.03. The molecule has 1 aromatic heterocycles. The lowest BCUT2D eigenvalue weighted by atomic mass is 10.2. The molecular weight excluding hydrogens is 286 g/mol. The molecule has 0 spiro atoms. The van der Waals surface area contributed by atoms with Crippen molar-refractivity contribution in [3.05, 3.63) is 46.2 Å². The highest BCUT2D eigenvalue weighted by Crippen LogP contribution is 2.22. The van der Waals surface area contributed by atoms with Gasteiger partial charge in [-0.3, -0.25) is 4.79 Å². The van der Waals surface area contributed by atoms with E-state index in [1.165, 1.54) is 11.3 Å². The SMILES string of the molecule is COc1csc(C(=O)Nc2cccc(C#CCCO)c2)c1. The maximum atomic E-state index is 12.1. The summed E-state index contributed by atoms with van der Waals surface area (Å²) in [4.78, 5) is 12.7. The summed E-state index contributed by atoms with van der Waals surface area (Å²) in [5.74, 6) is 6.28. The highest BCUT2D eigenvalue weighted by molar-refractivity contribution is 7.12. The van der Waals surface area contributed by atoms with Gasteiger partial charge < -0.3 is 15.2 Å². The molecule has 0 aliphatic rings. The number of hydrogen-bond acceptors (Lipinski definition) is 4. The summed E-state index contributed by atoms with van der Waals surface area (Å²) in [6, 6.07) is 8.99. The van der Waals surface area contributed by atoms with Crippen LogP contribution in [0.2, 0.25) is 0 Å². The Hall–Kier alpha value is -2.29. The van der Waals surface area contributed by atoms with Crippen molar-refractivity contribution in [3.63, 3.8) is 0 Å². The molecule has 0 bridgehead atoms. The Kier molecular flexibility index (Phi) is 5.38. The number of carbonyl (C=O) groups is 1. The Morgan fingerprint density at radius 2 is 2.29 bits per heavy atom. The highest BCUT2D eigenvalue weighted by Gasteiger charge is 2.09. The standard InChI is InChI=1S/C16H15NO3S/c1-20-14-10-15(21-11-14)16(19)17-13-7-4-6-12(9-13)5-2-3-8-18/h4,6-7,9-11,18H,3,8H2,1H3,(H,17,19). The Morgan fingerprint density at radius 1 is 1.43 bits per heavy atom. The number of ether oxygens (including phenoxy) is 1. The number of anilines is 1. The van der Waals surface area contributed by atoms with Crippen LogP contribution in [0.15, 0.2) is 35.7 Å². The van der Waals surface area contributed by atoms with E-state index in [1.54, 1.807) is 30.7 Å². The van der Waals surface area contributed by atoms with Gasteiger partial charge in [0.2, 0.25) is 0 Å². The molecule has 2 N–H and O–H groups in total. The number of aliphatic hydroxyl groups excluding tert-OH is 1. The fraction of sp³-hybridized carbons (Fsp3) is 0.188. The normalized spacial score (nSPS) is 9.62. The molecule has 0 unspecified atom stereocenters. The topological polar surface area (TPSA) is 58.6 Å². The number of hydrogen-bond donors (Lipinski definition) is 2. The Balaban J connectivity index is 2.07. The zero-order valence-corrected chi connectivity index (χ0v) is 12.4. The quantitative estimate of drug-likeness (QED) is 0.854. The molecule has 1 aromatic carbocycles. The Labute approximate surface area is 127 Å². The molecule has 1 heterocycles. The van der Waals surface area contributed by atoms with Gasteiger partial charge in [0.15, 0.2) is 0 Å². The summed E-state index contributed by atoms with van der Waals surface area (Å²) in [6.07, 6.45) is 0.436. The van der Waals surface area contributed by atoms with Gasteiger partial charge in [0.25, 0.3) is 5.91 Å². The van der Waals surface area contributed by atoms with Gasteiger partial charge in [-0.15, -0.1) is 11.3 Å². The first kappa shape index (κ1) is 15.1. The minimum Gasteiger partial charge on any atom is -0.496 e.